The number of benzene rings is 1. The standard InChI is InChI=1S/C12H8FN3O/c13-8-2-1-7-3-11(16-10(7)4-8)9-5-14-6-15-12(9)17/h1-6,16H,(H,14,15,17). The molecule has 2 N–H and O–H groups in total. The maximum absolute atomic E-state index is 13.0. The predicted molar refractivity (Wildman–Crippen MR) is 62.1 cm³/mol. The molecule has 0 atom stereocenters. The lowest BCUT2D eigenvalue weighted by atomic mass is 10.2. The van der Waals surface area contributed by atoms with Crippen LogP contribution in [0.3, 0.4) is 0 Å². The molecule has 3 aromatic rings. The Morgan fingerprint density at radius 3 is 2.94 bits per heavy atom. The first-order valence-electron chi connectivity index (χ1n) is 5.05. The fourth-order valence-corrected chi connectivity index (χ4v) is 1.78. The number of nitrogens with zero attached hydrogens (tertiary/aromatic N) is 1. The number of nitrogens with one attached hydrogen (secondary N) is 2. The van der Waals surface area contributed by atoms with E-state index in [1.54, 1.807) is 12.1 Å². The Bertz CT molecular complexity index is 745. The summed E-state index contributed by atoms with van der Waals surface area (Å²) in [4.78, 5) is 20.9. The summed E-state index contributed by atoms with van der Waals surface area (Å²) in [5.41, 5.74) is 1.49. The zero-order valence-electron chi connectivity index (χ0n) is 8.70. The molecule has 0 radical (unpaired) electrons. The molecule has 2 heterocycles. The van der Waals surface area contributed by atoms with E-state index < -0.39 is 0 Å². The number of fused-ring (bicyclic) bond motifs is 1. The normalized spacial score (nSPS) is 10.9. The van der Waals surface area contributed by atoms with Gasteiger partial charge in [-0.15, -0.1) is 0 Å². The van der Waals surface area contributed by atoms with Gasteiger partial charge < -0.3 is 9.97 Å². The average Bonchev–Trinajstić information content (AvgIpc) is 2.72. The molecular formula is C12H8FN3O. The Labute approximate surface area is 95.1 Å². The van der Waals surface area contributed by atoms with Gasteiger partial charge in [0.2, 0.25) is 0 Å². The molecular weight excluding hydrogens is 221 g/mol. The van der Waals surface area contributed by atoms with Gasteiger partial charge in [-0.25, -0.2) is 9.37 Å². The molecule has 0 aliphatic rings. The number of aromatic amines is 2. The van der Waals surface area contributed by atoms with Crippen LogP contribution in [0.2, 0.25) is 0 Å². The molecule has 17 heavy (non-hydrogen) atoms. The Morgan fingerprint density at radius 1 is 1.24 bits per heavy atom. The lowest BCUT2D eigenvalue weighted by molar-refractivity contribution is 0.629. The quantitative estimate of drug-likeness (QED) is 0.670. The molecule has 2 aromatic heterocycles. The van der Waals surface area contributed by atoms with Gasteiger partial charge in [-0.3, -0.25) is 4.79 Å². The van der Waals surface area contributed by atoms with Crippen molar-refractivity contribution in [2.75, 3.05) is 0 Å². The largest absolute Gasteiger partial charge is 0.354 e. The monoisotopic (exact) mass is 229 g/mol. The van der Waals surface area contributed by atoms with Crippen molar-refractivity contribution in [3.8, 4) is 11.3 Å². The molecule has 84 valence electrons. The van der Waals surface area contributed by atoms with Crippen LogP contribution in [0, 0.1) is 5.82 Å². The van der Waals surface area contributed by atoms with E-state index in [2.05, 4.69) is 15.0 Å². The highest BCUT2D eigenvalue weighted by atomic mass is 19.1. The lowest BCUT2D eigenvalue weighted by Crippen LogP contribution is -2.08. The molecule has 0 bridgehead atoms. The molecule has 0 spiro atoms. The van der Waals surface area contributed by atoms with Gasteiger partial charge in [-0.2, -0.15) is 0 Å². The van der Waals surface area contributed by atoms with Crippen molar-refractivity contribution in [3.63, 3.8) is 0 Å². The molecule has 0 amide bonds. The first-order valence-corrected chi connectivity index (χ1v) is 5.05. The highest BCUT2D eigenvalue weighted by Gasteiger charge is 2.07. The Morgan fingerprint density at radius 2 is 2.12 bits per heavy atom. The maximum Gasteiger partial charge on any atom is 0.260 e. The topological polar surface area (TPSA) is 61.5 Å². The SMILES string of the molecule is O=c1[nH]cncc1-c1cc2ccc(F)cc2[nH]1. The van der Waals surface area contributed by atoms with E-state index in [0.29, 0.717) is 16.8 Å². The van der Waals surface area contributed by atoms with Gasteiger partial charge in [0.1, 0.15) is 5.82 Å². The third-order valence-corrected chi connectivity index (χ3v) is 2.59. The number of hydrogen-bond donors (Lipinski definition) is 2. The van der Waals surface area contributed by atoms with Crippen molar-refractivity contribution < 1.29 is 4.39 Å². The summed E-state index contributed by atoms with van der Waals surface area (Å²) < 4.78 is 13.0. The molecule has 0 aliphatic carbocycles. The lowest BCUT2D eigenvalue weighted by Gasteiger charge is -1.93. The van der Waals surface area contributed by atoms with Gasteiger partial charge in [0.25, 0.3) is 5.56 Å². The third-order valence-electron chi connectivity index (χ3n) is 2.59. The number of aromatic nitrogens is 3. The van der Waals surface area contributed by atoms with Crippen LogP contribution >= 0.6 is 0 Å². The van der Waals surface area contributed by atoms with Gasteiger partial charge in [0.05, 0.1) is 17.6 Å². The van der Waals surface area contributed by atoms with Crippen LogP contribution in [0.1, 0.15) is 0 Å². The molecule has 1 aromatic carbocycles. The van der Waals surface area contributed by atoms with E-state index >= 15 is 0 Å². The molecule has 5 heteroatoms. The van der Waals surface area contributed by atoms with Crippen molar-refractivity contribution in [1.82, 2.24) is 15.0 Å². The number of rotatable bonds is 1. The zero-order valence-corrected chi connectivity index (χ0v) is 8.70. The first-order chi connectivity index (χ1) is 8.24. The second-order valence-electron chi connectivity index (χ2n) is 3.71. The van der Waals surface area contributed by atoms with Gasteiger partial charge in [0.15, 0.2) is 0 Å². The summed E-state index contributed by atoms with van der Waals surface area (Å²) >= 11 is 0. The van der Waals surface area contributed by atoms with Crippen LogP contribution in [0.4, 0.5) is 4.39 Å². The van der Waals surface area contributed by atoms with Crippen molar-refractivity contribution in [2.45, 2.75) is 0 Å². The minimum absolute atomic E-state index is 0.230. The fraction of sp³-hybridized carbons (Fsp3) is 0. The molecule has 0 unspecified atom stereocenters. The Balaban J connectivity index is 2.25. The van der Waals surface area contributed by atoms with Crippen LogP contribution in [0.25, 0.3) is 22.2 Å². The summed E-state index contributed by atoms with van der Waals surface area (Å²) in [6, 6.07) is 6.23. The van der Waals surface area contributed by atoms with E-state index in [0.717, 1.165) is 5.39 Å². The summed E-state index contributed by atoms with van der Waals surface area (Å²) in [5, 5.41) is 0.852. The molecule has 0 fully saturated rings. The molecule has 0 saturated heterocycles. The highest BCUT2D eigenvalue weighted by molar-refractivity contribution is 5.85. The van der Waals surface area contributed by atoms with Crippen molar-refractivity contribution in [3.05, 3.63) is 53.0 Å². The fourth-order valence-electron chi connectivity index (χ4n) is 1.78. The predicted octanol–water partition coefficient (Wildman–Crippen LogP) is 2.06. The Kier molecular flexibility index (Phi) is 2.04. The van der Waals surface area contributed by atoms with E-state index in [-0.39, 0.29) is 11.4 Å². The number of halogens is 1. The van der Waals surface area contributed by atoms with Crippen LogP contribution in [0.5, 0.6) is 0 Å². The maximum atomic E-state index is 13.0. The molecule has 0 aliphatic heterocycles. The van der Waals surface area contributed by atoms with Gasteiger partial charge >= 0.3 is 0 Å². The Hall–Kier alpha value is -2.43. The van der Waals surface area contributed by atoms with Gasteiger partial charge in [-0.1, -0.05) is 0 Å². The van der Waals surface area contributed by atoms with E-state index in [9.17, 15) is 9.18 Å². The van der Waals surface area contributed by atoms with Crippen molar-refractivity contribution >= 4 is 10.9 Å². The van der Waals surface area contributed by atoms with Gasteiger partial charge in [0, 0.05) is 17.1 Å². The van der Waals surface area contributed by atoms with Crippen molar-refractivity contribution in [2.24, 2.45) is 0 Å². The highest BCUT2D eigenvalue weighted by Crippen LogP contribution is 2.21. The van der Waals surface area contributed by atoms with Crippen molar-refractivity contribution in [1.29, 1.82) is 0 Å². The summed E-state index contributed by atoms with van der Waals surface area (Å²) in [6.07, 6.45) is 2.80. The first kappa shape index (κ1) is 9.77. The summed E-state index contributed by atoms with van der Waals surface area (Å²) in [7, 11) is 0. The van der Waals surface area contributed by atoms with E-state index in [1.165, 1.54) is 24.7 Å². The molecule has 3 rings (SSSR count). The second-order valence-corrected chi connectivity index (χ2v) is 3.71. The molecule has 0 saturated carbocycles. The van der Waals surface area contributed by atoms with Crippen LogP contribution in [-0.2, 0) is 0 Å². The second kappa shape index (κ2) is 3.55. The summed E-state index contributed by atoms with van der Waals surface area (Å²) in [6.45, 7) is 0. The summed E-state index contributed by atoms with van der Waals surface area (Å²) in [5.74, 6) is -0.314. The zero-order chi connectivity index (χ0) is 11.8. The third kappa shape index (κ3) is 1.61. The van der Waals surface area contributed by atoms with E-state index in [4.69, 9.17) is 0 Å². The van der Waals surface area contributed by atoms with Crippen LogP contribution < -0.4 is 5.56 Å². The van der Waals surface area contributed by atoms with E-state index in [1.807, 2.05) is 0 Å². The van der Waals surface area contributed by atoms with Crippen LogP contribution in [0.15, 0.2) is 41.6 Å². The average molecular weight is 229 g/mol. The van der Waals surface area contributed by atoms with Gasteiger partial charge in [-0.05, 0) is 24.3 Å². The van der Waals surface area contributed by atoms with Crippen LogP contribution in [-0.4, -0.2) is 15.0 Å². The number of H-pyrrole nitrogens is 2. The smallest absolute Gasteiger partial charge is 0.260 e. The minimum atomic E-state index is -0.314. The number of hydrogen-bond acceptors (Lipinski definition) is 2. The molecule has 4 nitrogen and oxygen atoms in total. The minimum Gasteiger partial charge on any atom is -0.354 e.